The number of aromatic nitrogens is 6. The summed E-state index contributed by atoms with van der Waals surface area (Å²) in [7, 11) is 1.87. The van der Waals surface area contributed by atoms with E-state index in [1.807, 2.05) is 33.2 Å². The van der Waals surface area contributed by atoms with Crippen molar-refractivity contribution in [2.75, 3.05) is 0 Å². The first-order valence-corrected chi connectivity index (χ1v) is 10.9. The van der Waals surface area contributed by atoms with E-state index in [4.69, 9.17) is 5.41 Å². The van der Waals surface area contributed by atoms with Gasteiger partial charge in [0.15, 0.2) is 11.5 Å². The predicted octanol–water partition coefficient (Wildman–Crippen LogP) is 3.96. The van der Waals surface area contributed by atoms with E-state index in [0.717, 1.165) is 28.8 Å². The molecule has 2 N–H and O–H groups in total. The molecule has 178 valence electrons. The molecule has 0 bridgehead atoms. The van der Waals surface area contributed by atoms with E-state index >= 15 is 0 Å². The predicted molar refractivity (Wildman–Crippen MR) is 134 cm³/mol. The molecule has 4 rings (SSSR count). The first-order chi connectivity index (χ1) is 16.8. The second kappa shape index (κ2) is 9.72. The molecule has 0 saturated carbocycles. The van der Waals surface area contributed by atoms with Gasteiger partial charge in [0.2, 0.25) is 6.41 Å². The lowest BCUT2D eigenvalue weighted by Crippen LogP contribution is -2.21. The minimum atomic E-state index is -0.445. The van der Waals surface area contributed by atoms with Crippen molar-refractivity contribution in [1.82, 2.24) is 34.3 Å². The van der Waals surface area contributed by atoms with Crippen molar-refractivity contribution in [1.29, 1.82) is 5.41 Å². The number of fused-ring (bicyclic) bond motifs is 1. The third-order valence-electron chi connectivity index (χ3n) is 5.58. The molecular formula is C25H26N8O2. The zero-order valence-corrected chi connectivity index (χ0v) is 19.9. The summed E-state index contributed by atoms with van der Waals surface area (Å²) in [5, 5.41) is 30.5. The monoisotopic (exact) mass is 470 g/mol. The number of amides is 1. The van der Waals surface area contributed by atoms with Crippen LogP contribution in [0.3, 0.4) is 0 Å². The largest absolute Gasteiger partial charge is 0.507 e. The number of aliphatic hydroxyl groups is 1. The van der Waals surface area contributed by atoms with Crippen molar-refractivity contribution < 1.29 is 9.90 Å². The van der Waals surface area contributed by atoms with Crippen molar-refractivity contribution >= 4 is 29.6 Å². The number of hydrogen-bond acceptors (Lipinski definition) is 7. The highest BCUT2D eigenvalue weighted by Crippen LogP contribution is 2.23. The number of allylic oxidation sites excluding steroid dienone is 1. The maximum atomic E-state index is 11.9. The number of aryl methyl sites for hydroxylation is 2. The molecule has 0 unspecified atom stereocenters. The van der Waals surface area contributed by atoms with Gasteiger partial charge in [0.05, 0.1) is 17.9 Å². The molecule has 0 aromatic carbocycles. The smallest absolute Gasteiger partial charge is 0.214 e. The summed E-state index contributed by atoms with van der Waals surface area (Å²) in [5.41, 5.74) is 4.97. The SMILES string of the molecule is CC(=N)/C=C(\O)c1ccc2nnc([C@@H](C)N(C=O)/C=C\c3ncc(-c4cnn(C)c4)cc3C)n2c1. The van der Waals surface area contributed by atoms with Gasteiger partial charge < -0.3 is 15.4 Å². The summed E-state index contributed by atoms with van der Waals surface area (Å²) >= 11 is 0. The summed E-state index contributed by atoms with van der Waals surface area (Å²) in [6.45, 7) is 5.38. The highest BCUT2D eigenvalue weighted by molar-refractivity contribution is 5.95. The van der Waals surface area contributed by atoms with Crippen molar-refractivity contribution in [2.24, 2.45) is 7.05 Å². The van der Waals surface area contributed by atoms with Crippen LogP contribution >= 0.6 is 0 Å². The Bertz CT molecular complexity index is 1460. The van der Waals surface area contributed by atoms with Crippen LogP contribution in [0.15, 0.2) is 55.3 Å². The van der Waals surface area contributed by atoms with E-state index in [1.165, 1.54) is 11.0 Å². The lowest BCUT2D eigenvalue weighted by Gasteiger charge is -2.20. The summed E-state index contributed by atoms with van der Waals surface area (Å²) in [6, 6.07) is 5.01. The number of nitrogens with one attached hydrogen (secondary N) is 1. The third-order valence-corrected chi connectivity index (χ3v) is 5.58. The van der Waals surface area contributed by atoms with Gasteiger partial charge in [0, 0.05) is 60.3 Å². The summed E-state index contributed by atoms with van der Waals surface area (Å²) in [4.78, 5) is 18.0. The Hall–Kier alpha value is -4.60. The first-order valence-electron chi connectivity index (χ1n) is 10.9. The Morgan fingerprint density at radius 2 is 2.00 bits per heavy atom. The lowest BCUT2D eigenvalue weighted by molar-refractivity contribution is -0.117. The molecule has 10 heteroatoms. The van der Waals surface area contributed by atoms with E-state index in [1.54, 1.807) is 59.0 Å². The van der Waals surface area contributed by atoms with Crippen LogP contribution in [0.2, 0.25) is 0 Å². The minimum Gasteiger partial charge on any atom is -0.507 e. The molecule has 0 aliphatic carbocycles. The average Bonchev–Trinajstić information content (AvgIpc) is 3.45. The minimum absolute atomic E-state index is 0.0323. The molecule has 4 aromatic heterocycles. The molecule has 4 aromatic rings. The van der Waals surface area contributed by atoms with Crippen LogP contribution in [0.1, 0.15) is 42.5 Å². The number of hydrogen-bond donors (Lipinski definition) is 2. The van der Waals surface area contributed by atoms with E-state index in [2.05, 4.69) is 20.3 Å². The highest BCUT2D eigenvalue weighted by atomic mass is 16.3. The number of rotatable bonds is 8. The molecule has 0 aliphatic rings. The molecule has 0 saturated heterocycles. The number of aliphatic hydroxyl groups excluding tert-OH is 1. The molecule has 35 heavy (non-hydrogen) atoms. The first kappa shape index (κ1) is 23.6. The van der Waals surface area contributed by atoms with Gasteiger partial charge in [-0.2, -0.15) is 5.10 Å². The Kier molecular flexibility index (Phi) is 6.54. The Labute approximate surface area is 202 Å². The van der Waals surface area contributed by atoms with E-state index in [9.17, 15) is 9.90 Å². The van der Waals surface area contributed by atoms with Gasteiger partial charge in [-0.1, -0.05) is 0 Å². The third kappa shape index (κ3) is 5.01. The average molecular weight is 471 g/mol. The Balaban J connectivity index is 1.60. The van der Waals surface area contributed by atoms with Gasteiger partial charge in [-0.15, -0.1) is 10.2 Å². The molecule has 10 nitrogen and oxygen atoms in total. The zero-order chi connectivity index (χ0) is 25.1. The molecule has 0 fully saturated rings. The van der Waals surface area contributed by atoms with Crippen LogP contribution in [0.5, 0.6) is 0 Å². The van der Waals surface area contributed by atoms with Crippen LogP contribution in [-0.2, 0) is 11.8 Å². The summed E-state index contributed by atoms with van der Waals surface area (Å²) in [5.74, 6) is 0.490. The quantitative estimate of drug-likeness (QED) is 0.228. The van der Waals surface area contributed by atoms with Crippen LogP contribution < -0.4 is 0 Å². The topological polar surface area (TPSA) is 125 Å². The van der Waals surface area contributed by atoms with Gasteiger partial charge in [0.1, 0.15) is 5.76 Å². The standard InChI is InChI=1S/C25H26N8O2/c1-16-9-20(21-12-28-31(4)13-21)11-27-22(16)7-8-32(15-34)18(3)25-30-29-24-6-5-19(14-33(24)25)23(35)10-17(2)26/h5-15,18,26,35H,1-4H3/b8-7-,23-10-,26-17?/t18-/m1/s1. The molecular weight excluding hydrogens is 444 g/mol. The van der Waals surface area contributed by atoms with Gasteiger partial charge in [-0.05, 0) is 50.6 Å². The number of carbonyl (C=O) groups is 1. The fraction of sp³-hybridized carbons (Fsp3) is 0.200. The highest BCUT2D eigenvalue weighted by Gasteiger charge is 2.19. The normalized spacial score (nSPS) is 12.9. The fourth-order valence-electron chi connectivity index (χ4n) is 3.67. The van der Waals surface area contributed by atoms with Crippen LogP contribution in [0.25, 0.3) is 28.6 Å². The van der Waals surface area contributed by atoms with E-state index in [-0.39, 0.29) is 11.5 Å². The zero-order valence-electron chi connectivity index (χ0n) is 19.9. The number of carbonyl (C=O) groups excluding carboxylic acids is 1. The maximum absolute atomic E-state index is 11.9. The fourth-order valence-corrected chi connectivity index (χ4v) is 3.67. The molecule has 4 heterocycles. The van der Waals surface area contributed by atoms with Gasteiger partial charge in [0.25, 0.3) is 0 Å². The lowest BCUT2D eigenvalue weighted by atomic mass is 10.1. The number of pyridine rings is 2. The summed E-state index contributed by atoms with van der Waals surface area (Å²) in [6.07, 6.45) is 12.7. The van der Waals surface area contributed by atoms with Crippen LogP contribution in [0.4, 0.5) is 0 Å². The van der Waals surface area contributed by atoms with E-state index < -0.39 is 6.04 Å². The van der Waals surface area contributed by atoms with E-state index in [0.29, 0.717) is 17.0 Å². The van der Waals surface area contributed by atoms with Gasteiger partial charge in [-0.3, -0.25) is 18.9 Å². The molecule has 1 atom stereocenters. The summed E-state index contributed by atoms with van der Waals surface area (Å²) < 4.78 is 3.46. The van der Waals surface area contributed by atoms with Gasteiger partial charge >= 0.3 is 0 Å². The van der Waals surface area contributed by atoms with Crippen LogP contribution in [0, 0.1) is 12.3 Å². The van der Waals surface area contributed by atoms with Crippen molar-refractivity contribution in [3.8, 4) is 11.1 Å². The molecule has 0 aliphatic heterocycles. The van der Waals surface area contributed by atoms with Gasteiger partial charge in [-0.25, -0.2) is 0 Å². The molecule has 0 radical (unpaired) electrons. The van der Waals surface area contributed by atoms with Crippen molar-refractivity contribution in [2.45, 2.75) is 26.8 Å². The second-order valence-corrected chi connectivity index (χ2v) is 8.29. The molecule has 1 amide bonds. The number of nitrogens with zero attached hydrogens (tertiary/aromatic N) is 7. The maximum Gasteiger partial charge on any atom is 0.214 e. The Morgan fingerprint density at radius 1 is 1.20 bits per heavy atom. The Morgan fingerprint density at radius 3 is 2.66 bits per heavy atom. The van der Waals surface area contributed by atoms with Crippen LogP contribution in [-0.4, -0.2) is 51.5 Å². The van der Waals surface area contributed by atoms with Crippen molar-refractivity contribution in [3.05, 3.63) is 77.9 Å². The second-order valence-electron chi connectivity index (χ2n) is 8.29. The van der Waals surface area contributed by atoms with Crippen molar-refractivity contribution in [3.63, 3.8) is 0 Å². The molecule has 0 spiro atoms.